The highest BCUT2D eigenvalue weighted by Crippen LogP contribution is 2.40. The highest BCUT2D eigenvalue weighted by Gasteiger charge is 2.27. The van der Waals surface area contributed by atoms with Crippen LogP contribution in [0.3, 0.4) is 0 Å². The van der Waals surface area contributed by atoms with Gasteiger partial charge in [-0.25, -0.2) is 4.79 Å². The van der Waals surface area contributed by atoms with Gasteiger partial charge in [-0.15, -0.1) is 0 Å². The zero-order valence-electron chi connectivity index (χ0n) is 16.4. The predicted octanol–water partition coefficient (Wildman–Crippen LogP) is 4.53. The lowest BCUT2D eigenvalue weighted by Crippen LogP contribution is -2.15. The van der Waals surface area contributed by atoms with Crippen molar-refractivity contribution in [1.29, 1.82) is 0 Å². The number of nitrogens with zero attached hydrogens (tertiary/aromatic N) is 1. The highest BCUT2D eigenvalue weighted by atomic mass is 32.2. The summed E-state index contributed by atoms with van der Waals surface area (Å²) in [7, 11) is 2.94. The third kappa shape index (κ3) is 4.62. The molecule has 156 valence electrons. The zero-order valence-corrected chi connectivity index (χ0v) is 17.2. The number of benzene rings is 2. The van der Waals surface area contributed by atoms with E-state index in [0.29, 0.717) is 35.7 Å². The normalized spacial score (nSPS) is 13.7. The molecule has 9 heteroatoms. The summed E-state index contributed by atoms with van der Waals surface area (Å²) in [4.78, 5) is 36.5. The van der Waals surface area contributed by atoms with Gasteiger partial charge in [-0.2, -0.15) is 0 Å². The number of carbonyl (C=O) groups excluding carboxylic acids is 2. The topological polar surface area (TPSA) is 105 Å². The average molecular weight is 429 g/mol. The first kappa shape index (κ1) is 21.4. The van der Waals surface area contributed by atoms with Crippen LogP contribution in [0.25, 0.3) is 0 Å². The van der Waals surface area contributed by atoms with E-state index >= 15 is 0 Å². The Morgan fingerprint density at radius 3 is 2.50 bits per heavy atom. The van der Waals surface area contributed by atoms with Gasteiger partial charge in [0.15, 0.2) is 17.3 Å². The molecule has 0 amide bonds. The summed E-state index contributed by atoms with van der Waals surface area (Å²) < 4.78 is 15.9. The smallest absolute Gasteiger partial charge is 0.343 e. The van der Waals surface area contributed by atoms with E-state index in [0.717, 1.165) is 11.8 Å². The van der Waals surface area contributed by atoms with Gasteiger partial charge in [0.05, 0.1) is 34.5 Å². The number of methoxy groups -OCH3 is 2. The first-order valence-electron chi connectivity index (χ1n) is 9.06. The first-order valence-corrected chi connectivity index (χ1v) is 9.88. The second-order valence-corrected chi connectivity index (χ2v) is 7.37. The van der Waals surface area contributed by atoms with Gasteiger partial charge in [0.2, 0.25) is 0 Å². The summed E-state index contributed by atoms with van der Waals surface area (Å²) >= 11 is 0.953. The number of esters is 1. The number of thioether (sulfide) groups is 1. The van der Waals surface area contributed by atoms with E-state index in [1.807, 2.05) is 0 Å². The Morgan fingerprint density at radius 1 is 1.07 bits per heavy atom. The molecule has 1 aliphatic rings. The molecule has 0 atom stereocenters. The summed E-state index contributed by atoms with van der Waals surface area (Å²) in [5.74, 6) is 0.193. The van der Waals surface area contributed by atoms with E-state index in [1.54, 1.807) is 24.3 Å². The van der Waals surface area contributed by atoms with Gasteiger partial charge in [0.1, 0.15) is 5.76 Å². The van der Waals surface area contributed by atoms with Crippen LogP contribution < -0.4 is 9.47 Å². The Morgan fingerprint density at radius 2 is 1.80 bits per heavy atom. The number of allylic oxidation sites excluding steroid dienone is 2. The molecule has 8 nitrogen and oxygen atoms in total. The van der Waals surface area contributed by atoms with Crippen LogP contribution in [0, 0.1) is 10.1 Å². The molecule has 0 aromatic heterocycles. The number of Topliss-reactive ketones (excluding diaryl/α,β-unsaturated/α-hetero) is 1. The van der Waals surface area contributed by atoms with E-state index < -0.39 is 10.9 Å². The number of para-hydroxylation sites is 1. The zero-order chi connectivity index (χ0) is 21.7. The van der Waals surface area contributed by atoms with E-state index in [1.165, 1.54) is 32.4 Å². The molecule has 2 aromatic carbocycles. The van der Waals surface area contributed by atoms with Crippen LogP contribution in [0.5, 0.6) is 11.5 Å². The molecule has 0 radical (unpaired) electrons. The minimum absolute atomic E-state index is 0.112. The number of hydrogen-bond acceptors (Lipinski definition) is 8. The Hall–Kier alpha value is -3.33. The number of carbonyl (C=O) groups is 2. The van der Waals surface area contributed by atoms with Gasteiger partial charge in [-0.1, -0.05) is 23.9 Å². The van der Waals surface area contributed by atoms with Crippen molar-refractivity contribution >= 4 is 29.2 Å². The number of hydrogen-bond donors (Lipinski definition) is 0. The second kappa shape index (κ2) is 9.45. The third-order valence-corrected chi connectivity index (χ3v) is 5.65. The van der Waals surface area contributed by atoms with Crippen molar-refractivity contribution in [2.24, 2.45) is 0 Å². The molecule has 0 spiro atoms. The summed E-state index contributed by atoms with van der Waals surface area (Å²) in [6, 6.07) is 10.7. The van der Waals surface area contributed by atoms with Crippen molar-refractivity contribution in [3.63, 3.8) is 0 Å². The third-order valence-electron chi connectivity index (χ3n) is 4.42. The van der Waals surface area contributed by atoms with Gasteiger partial charge in [-0.05, 0) is 30.7 Å². The number of nitro groups is 1. The minimum atomic E-state index is -0.652. The molecule has 2 aromatic rings. The van der Waals surface area contributed by atoms with Crippen LogP contribution in [-0.2, 0) is 9.53 Å². The Bertz CT molecular complexity index is 1030. The maximum Gasteiger partial charge on any atom is 0.343 e. The number of nitro benzene ring substituents is 1. The lowest BCUT2D eigenvalue weighted by Gasteiger charge is -2.18. The number of ether oxygens (including phenoxy) is 3. The van der Waals surface area contributed by atoms with E-state index in [9.17, 15) is 19.7 Å². The second-order valence-electron chi connectivity index (χ2n) is 6.32. The largest absolute Gasteiger partial charge is 0.493 e. The molecular weight excluding hydrogens is 410 g/mol. The van der Waals surface area contributed by atoms with E-state index in [-0.39, 0.29) is 27.7 Å². The van der Waals surface area contributed by atoms with Crippen molar-refractivity contribution < 1.29 is 28.7 Å². The Labute approximate surface area is 177 Å². The van der Waals surface area contributed by atoms with Crippen LogP contribution in [0.1, 0.15) is 29.6 Å². The molecule has 0 saturated carbocycles. The maximum atomic E-state index is 12.7. The van der Waals surface area contributed by atoms with Gasteiger partial charge in [0.25, 0.3) is 5.69 Å². The van der Waals surface area contributed by atoms with Crippen LogP contribution in [0.15, 0.2) is 58.0 Å². The van der Waals surface area contributed by atoms with Crippen LogP contribution in [0.2, 0.25) is 0 Å². The molecule has 3 rings (SSSR count). The lowest BCUT2D eigenvalue weighted by molar-refractivity contribution is -0.387. The fourth-order valence-electron chi connectivity index (χ4n) is 2.94. The van der Waals surface area contributed by atoms with Crippen LogP contribution in [-0.4, -0.2) is 30.9 Å². The van der Waals surface area contributed by atoms with Crippen molar-refractivity contribution in [1.82, 2.24) is 0 Å². The SMILES string of the molecule is COc1ccc(C(=O)OC2=C(Sc3ccccc3[N+](=O)[O-])C(=O)CCC2)cc1OC. The van der Waals surface area contributed by atoms with Crippen molar-refractivity contribution in [2.75, 3.05) is 14.2 Å². The summed E-state index contributed by atoms with van der Waals surface area (Å²) in [6.45, 7) is 0. The molecule has 0 fully saturated rings. The van der Waals surface area contributed by atoms with Crippen LogP contribution >= 0.6 is 11.8 Å². The molecule has 1 aliphatic carbocycles. The van der Waals surface area contributed by atoms with Gasteiger partial charge < -0.3 is 14.2 Å². The molecule has 30 heavy (non-hydrogen) atoms. The first-order chi connectivity index (χ1) is 14.4. The molecule has 0 N–H and O–H groups in total. The monoisotopic (exact) mass is 429 g/mol. The number of rotatable bonds is 7. The Balaban J connectivity index is 1.91. The summed E-state index contributed by atoms with van der Waals surface area (Å²) in [5, 5.41) is 11.3. The maximum absolute atomic E-state index is 12.7. The quantitative estimate of drug-likeness (QED) is 0.359. The molecule has 0 heterocycles. The van der Waals surface area contributed by atoms with Crippen molar-refractivity contribution in [2.45, 2.75) is 24.2 Å². The van der Waals surface area contributed by atoms with Gasteiger partial charge >= 0.3 is 5.97 Å². The molecule has 0 unspecified atom stereocenters. The lowest BCUT2D eigenvalue weighted by atomic mass is 10.0. The van der Waals surface area contributed by atoms with Gasteiger partial charge in [0, 0.05) is 18.9 Å². The highest BCUT2D eigenvalue weighted by molar-refractivity contribution is 8.04. The standard InChI is InChI=1S/C21H19NO7S/c1-27-16-11-10-13(12-18(16)28-2)21(24)29-17-8-5-7-15(23)20(17)30-19-9-4-3-6-14(19)22(25)26/h3-4,6,9-12H,5,7-8H2,1-2H3. The minimum Gasteiger partial charge on any atom is -0.493 e. The molecule has 0 aliphatic heterocycles. The molecule has 0 bridgehead atoms. The van der Waals surface area contributed by atoms with E-state index in [2.05, 4.69) is 0 Å². The Kier molecular flexibility index (Phi) is 6.73. The molecule has 0 saturated heterocycles. The molecular formula is C21H19NO7S. The van der Waals surface area contributed by atoms with Gasteiger partial charge in [-0.3, -0.25) is 14.9 Å². The predicted molar refractivity (Wildman–Crippen MR) is 110 cm³/mol. The van der Waals surface area contributed by atoms with Crippen molar-refractivity contribution in [3.8, 4) is 11.5 Å². The average Bonchev–Trinajstić information content (AvgIpc) is 2.75. The van der Waals surface area contributed by atoms with E-state index in [4.69, 9.17) is 14.2 Å². The number of ketones is 1. The van der Waals surface area contributed by atoms with Crippen molar-refractivity contribution in [3.05, 3.63) is 68.8 Å². The van der Waals surface area contributed by atoms with Crippen LogP contribution in [0.4, 0.5) is 5.69 Å². The summed E-state index contributed by atoms with van der Waals surface area (Å²) in [5.41, 5.74) is 0.118. The fourth-order valence-corrected chi connectivity index (χ4v) is 4.03. The summed E-state index contributed by atoms with van der Waals surface area (Å²) in [6.07, 6.45) is 1.21. The fraction of sp³-hybridized carbons (Fsp3) is 0.238.